The third-order valence-corrected chi connectivity index (χ3v) is 7.09. The third kappa shape index (κ3) is 4.11. The molecule has 1 aromatic heterocycles. The van der Waals surface area contributed by atoms with Crippen LogP contribution in [0.25, 0.3) is 0 Å². The lowest BCUT2D eigenvalue weighted by Crippen LogP contribution is -2.58. The van der Waals surface area contributed by atoms with Crippen molar-refractivity contribution in [3.8, 4) is 5.88 Å². The van der Waals surface area contributed by atoms with Gasteiger partial charge < -0.3 is 25.0 Å². The summed E-state index contributed by atoms with van der Waals surface area (Å²) in [6.45, 7) is 5.80. The lowest BCUT2D eigenvalue weighted by molar-refractivity contribution is 0.0331. The van der Waals surface area contributed by atoms with Gasteiger partial charge in [0.25, 0.3) is 0 Å². The molecule has 7 nitrogen and oxygen atoms in total. The molecule has 31 heavy (non-hydrogen) atoms. The van der Waals surface area contributed by atoms with Crippen LogP contribution in [-0.2, 0) is 0 Å². The van der Waals surface area contributed by atoms with E-state index in [0.29, 0.717) is 17.7 Å². The number of halogens is 1. The number of rotatable bonds is 5. The van der Waals surface area contributed by atoms with Crippen molar-refractivity contribution in [3.63, 3.8) is 0 Å². The molecule has 0 bridgehead atoms. The zero-order valence-electron chi connectivity index (χ0n) is 17.7. The summed E-state index contributed by atoms with van der Waals surface area (Å²) in [7, 11) is 0. The van der Waals surface area contributed by atoms with Gasteiger partial charge in [0.05, 0.1) is 29.3 Å². The number of likely N-dealkylation sites (tertiary alicyclic amines) is 1. The first kappa shape index (κ1) is 20.6. The first-order valence-electron chi connectivity index (χ1n) is 10.9. The second-order valence-corrected chi connectivity index (χ2v) is 9.65. The van der Waals surface area contributed by atoms with E-state index >= 15 is 0 Å². The smallest absolute Gasteiger partial charge is 0.233 e. The van der Waals surface area contributed by atoms with Crippen LogP contribution in [0.3, 0.4) is 0 Å². The van der Waals surface area contributed by atoms with Crippen LogP contribution < -0.4 is 15.0 Å². The van der Waals surface area contributed by atoms with Crippen LogP contribution in [-0.4, -0.2) is 64.4 Å². The Kier molecular flexibility index (Phi) is 5.52. The molecule has 8 heteroatoms. The lowest BCUT2D eigenvalue weighted by Gasteiger charge is -2.46. The van der Waals surface area contributed by atoms with Gasteiger partial charge in [-0.1, -0.05) is 30.4 Å². The van der Waals surface area contributed by atoms with Gasteiger partial charge in [0.2, 0.25) is 11.8 Å². The number of nitrogens with zero attached hydrogens (tertiary/aromatic N) is 4. The van der Waals surface area contributed by atoms with E-state index in [1.165, 1.54) is 5.57 Å². The minimum Gasteiger partial charge on any atom is -0.470 e. The van der Waals surface area contributed by atoms with E-state index < -0.39 is 0 Å². The topological polar surface area (TPSA) is 73.8 Å². The summed E-state index contributed by atoms with van der Waals surface area (Å²) in [5.41, 5.74) is 1.12. The van der Waals surface area contributed by atoms with Gasteiger partial charge in [-0.05, 0) is 53.3 Å². The minimum atomic E-state index is -0.154. The molecule has 1 atom stereocenters. The van der Waals surface area contributed by atoms with E-state index in [-0.39, 0.29) is 18.2 Å². The van der Waals surface area contributed by atoms with Crippen LogP contribution in [0.4, 0.5) is 5.95 Å². The third-order valence-electron chi connectivity index (χ3n) is 6.55. The number of allylic oxidation sites excluding steroid dienone is 4. The number of piperidine rings is 1. The van der Waals surface area contributed by atoms with Gasteiger partial charge in [0, 0.05) is 19.7 Å². The number of fused-ring (bicyclic) bond motifs is 1. The summed E-state index contributed by atoms with van der Waals surface area (Å²) < 4.78 is 6.98. The van der Waals surface area contributed by atoms with Crippen molar-refractivity contribution in [1.82, 2.24) is 20.2 Å². The van der Waals surface area contributed by atoms with Crippen molar-refractivity contribution in [2.75, 3.05) is 37.7 Å². The van der Waals surface area contributed by atoms with Crippen LogP contribution in [0.15, 0.2) is 58.5 Å². The van der Waals surface area contributed by atoms with Crippen molar-refractivity contribution in [1.29, 1.82) is 0 Å². The average Bonchev–Trinajstić information content (AvgIpc) is 2.76. The van der Waals surface area contributed by atoms with Crippen molar-refractivity contribution >= 4 is 21.9 Å². The molecule has 2 saturated heterocycles. The second kappa shape index (κ2) is 8.31. The normalized spacial score (nSPS) is 26.0. The fourth-order valence-corrected chi connectivity index (χ4v) is 4.72. The Bertz CT molecular complexity index is 961. The fourth-order valence-electron chi connectivity index (χ4n) is 4.44. The highest BCUT2D eigenvalue weighted by Crippen LogP contribution is 2.32. The number of aromatic nitrogens is 2. The minimum absolute atomic E-state index is 0.0850. The number of aliphatic hydroxyl groups excluding tert-OH is 1. The largest absolute Gasteiger partial charge is 0.470 e. The molecule has 0 saturated carbocycles. The molecule has 1 aromatic rings. The van der Waals surface area contributed by atoms with E-state index in [9.17, 15) is 5.11 Å². The average molecular weight is 486 g/mol. The first-order valence-corrected chi connectivity index (χ1v) is 11.7. The summed E-state index contributed by atoms with van der Waals surface area (Å²) in [5.74, 6) is 2.81. The molecule has 164 valence electrons. The summed E-state index contributed by atoms with van der Waals surface area (Å²) >= 11 is 3.53. The molecular weight excluding hydrogens is 458 g/mol. The lowest BCUT2D eigenvalue weighted by atomic mass is 9.85. The summed E-state index contributed by atoms with van der Waals surface area (Å²) in [6, 6.07) is 0. The summed E-state index contributed by atoms with van der Waals surface area (Å²) in [4.78, 5) is 13.6. The fraction of sp³-hybridized carbons (Fsp3) is 0.478. The summed E-state index contributed by atoms with van der Waals surface area (Å²) in [6.07, 6.45) is 16.6. The predicted molar refractivity (Wildman–Crippen MR) is 124 cm³/mol. The highest BCUT2D eigenvalue weighted by Gasteiger charge is 2.36. The molecule has 1 aliphatic carbocycles. The van der Waals surface area contributed by atoms with Crippen LogP contribution in [0, 0.1) is 5.92 Å². The van der Waals surface area contributed by atoms with Crippen LogP contribution in [0.1, 0.15) is 19.8 Å². The Morgan fingerprint density at radius 1 is 1.23 bits per heavy atom. The number of hydrogen-bond acceptors (Lipinski definition) is 7. The van der Waals surface area contributed by atoms with Crippen molar-refractivity contribution in [2.24, 2.45) is 5.92 Å². The van der Waals surface area contributed by atoms with Crippen LogP contribution in [0.5, 0.6) is 5.88 Å². The standard InChI is InChI=1S/C23H28BrN5O2/c1-23-9-3-2-4-17(23)5-6-20(27-23)29-13-18(14-29)31-21-19(24)12-25-22(26-21)28-10-7-16(15-30)8-11-28/h2-6,9,12,16,18,27,30H,7-8,10-11,13-15H2,1H3. The van der Waals surface area contributed by atoms with Gasteiger partial charge in [-0.25, -0.2) is 4.98 Å². The van der Waals surface area contributed by atoms with E-state index in [1.54, 1.807) is 6.20 Å². The van der Waals surface area contributed by atoms with Gasteiger partial charge in [-0.2, -0.15) is 4.98 Å². The van der Waals surface area contributed by atoms with Gasteiger partial charge >= 0.3 is 0 Å². The zero-order chi connectivity index (χ0) is 21.4. The van der Waals surface area contributed by atoms with Gasteiger partial charge in [-0.15, -0.1) is 0 Å². The molecule has 5 rings (SSSR count). The number of ether oxygens (including phenoxy) is 1. The molecule has 0 aromatic carbocycles. The highest BCUT2D eigenvalue weighted by molar-refractivity contribution is 9.10. The molecule has 1 unspecified atom stereocenters. The molecule has 2 fully saturated rings. The quantitative estimate of drug-likeness (QED) is 0.663. The molecular formula is C23H28BrN5O2. The Balaban J connectivity index is 1.20. The Hall–Kier alpha value is -2.32. The Morgan fingerprint density at radius 2 is 2.03 bits per heavy atom. The van der Waals surface area contributed by atoms with Gasteiger partial charge in [0.1, 0.15) is 11.9 Å². The van der Waals surface area contributed by atoms with Gasteiger partial charge in [0.15, 0.2) is 0 Å². The number of anilines is 1. The van der Waals surface area contributed by atoms with Crippen LogP contribution >= 0.6 is 15.9 Å². The maximum absolute atomic E-state index is 9.35. The monoisotopic (exact) mass is 485 g/mol. The molecule has 0 spiro atoms. The van der Waals surface area contributed by atoms with E-state index in [0.717, 1.165) is 49.3 Å². The maximum Gasteiger partial charge on any atom is 0.233 e. The number of dihydropyridines is 1. The van der Waals surface area contributed by atoms with E-state index in [1.807, 2.05) is 0 Å². The zero-order valence-corrected chi connectivity index (χ0v) is 19.3. The van der Waals surface area contributed by atoms with E-state index in [2.05, 4.69) is 84.4 Å². The molecule has 4 heterocycles. The first-order chi connectivity index (χ1) is 15.0. The van der Waals surface area contributed by atoms with Gasteiger partial charge in [-0.3, -0.25) is 0 Å². The number of hydrogen-bond donors (Lipinski definition) is 2. The summed E-state index contributed by atoms with van der Waals surface area (Å²) in [5, 5.41) is 13.0. The molecule has 0 radical (unpaired) electrons. The molecule has 2 N–H and O–H groups in total. The van der Waals surface area contributed by atoms with Crippen molar-refractivity contribution in [3.05, 3.63) is 58.5 Å². The van der Waals surface area contributed by atoms with Crippen LogP contribution in [0.2, 0.25) is 0 Å². The molecule has 4 aliphatic rings. The maximum atomic E-state index is 9.35. The molecule has 0 amide bonds. The van der Waals surface area contributed by atoms with Crippen molar-refractivity contribution in [2.45, 2.75) is 31.4 Å². The van der Waals surface area contributed by atoms with E-state index in [4.69, 9.17) is 4.74 Å². The highest BCUT2D eigenvalue weighted by atomic mass is 79.9. The second-order valence-electron chi connectivity index (χ2n) is 8.80. The SMILES string of the molecule is CC12C=CC=CC1=CC=C(N1CC(Oc3nc(N4CCC(CO)CC4)ncc3Br)C1)N2. The van der Waals surface area contributed by atoms with Crippen molar-refractivity contribution < 1.29 is 9.84 Å². The predicted octanol–water partition coefficient (Wildman–Crippen LogP) is 2.77. The Morgan fingerprint density at radius 3 is 2.81 bits per heavy atom. The Labute approximate surface area is 191 Å². The number of aliphatic hydroxyl groups is 1. The molecule has 3 aliphatic heterocycles. The number of nitrogens with one attached hydrogen (secondary N) is 1.